The van der Waals surface area contributed by atoms with Crippen LogP contribution >= 0.6 is 0 Å². The zero-order valence-corrected chi connectivity index (χ0v) is 14.1. The second-order valence-corrected chi connectivity index (χ2v) is 7.38. The van der Waals surface area contributed by atoms with Crippen molar-refractivity contribution >= 4 is 11.4 Å². The molecule has 2 aliphatic rings. The van der Waals surface area contributed by atoms with Gasteiger partial charge in [0.1, 0.15) is 0 Å². The minimum absolute atomic E-state index is 0.00731. The standard InChI is InChI=1S/C23H24O/c24-22(19-12-6-2-7-13-19)21-17-23(14-8-3-9-15-23)16-20(21)18-10-4-1-5-11-18/h1-2,4-7,10-13,16,21H,3,8-9,14-15,17H2. The van der Waals surface area contributed by atoms with E-state index in [-0.39, 0.29) is 17.1 Å². The molecular formula is C23H24O. The number of hydrogen-bond acceptors (Lipinski definition) is 1. The number of carbonyl (C=O) groups is 1. The van der Waals surface area contributed by atoms with E-state index in [2.05, 4.69) is 30.3 Å². The van der Waals surface area contributed by atoms with Gasteiger partial charge >= 0.3 is 0 Å². The molecule has 4 rings (SSSR count). The minimum atomic E-state index is 0.00731. The van der Waals surface area contributed by atoms with Crippen LogP contribution in [0.3, 0.4) is 0 Å². The number of rotatable bonds is 3. The molecule has 24 heavy (non-hydrogen) atoms. The summed E-state index contributed by atoms with van der Waals surface area (Å²) < 4.78 is 0. The van der Waals surface area contributed by atoms with Gasteiger partial charge < -0.3 is 0 Å². The molecule has 1 saturated carbocycles. The van der Waals surface area contributed by atoms with Gasteiger partial charge in [-0.05, 0) is 35.8 Å². The smallest absolute Gasteiger partial charge is 0.170 e. The molecule has 0 N–H and O–H groups in total. The van der Waals surface area contributed by atoms with Gasteiger partial charge in [0.25, 0.3) is 0 Å². The fourth-order valence-corrected chi connectivity index (χ4v) is 4.56. The zero-order valence-electron chi connectivity index (χ0n) is 14.1. The van der Waals surface area contributed by atoms with Crippen LogP contribution in [-0.2, 0) is 0 Å². The van der Waals surface area contributed by atoms with Gasteiger partial charge in [-0.1, -0.05) is 86.0 Å². The Balaban J connectivity index is 1.72. The topological polar surface area (TPSA) is 17.1 Å². The predicted octanol–water partition coefficient (Wildman–Crippen LogP) is 5.92. The van der Waals surface area contributed by atoms with Crippen LogP contribution in [0, 0.1) is 11.3 Å². The van der Waals surface area contributed by atoms with E-state index in [4.69, 9.17) is 0 Å². The molecule has 2 aromatic carbocycles. The van der Waals surface area contributed by atoms with Gasteiger partial charge in [-0.2, -0.15) is 0 Å². The Labute approximate surface area is 144 Å². The summed E-state index contributed by atoms with van der Waals surface area (Å²) in [7, 11) is 0. The predicted molar refractivity (Wildman–Crippen MR) is 98.8 cm³/mol. The SMILES string of the molecule is O=C(c1ccccc1)C1CC2(C=C1c1ccccc1)CCCCC2. The summed E-state index contributed by atoms with van der Waals surface area (Å²) in [4.78, 5) is 13.2. The number of hydrogen-bond donors (Lipinski definition) is 0. The van der Waals surface area contributed by atoms with E-state index in [1.54, 1.807) is 0 Å². The first kappa shape index (κ1) is 15.4. The lowest BCUT2D eigenvalue weighted by atomic mass is 9.72. The van der Waals surface area contributed by atoms with E-state index in [0.29, 0.717) is 0 Å². The van der Waals surface area contributed by atoms with Gasteiger partial charge in [-0.15, -0.1) is 0 Å². The fraction of sp³-hybridized carbons (Fsp3) is 0.348. The molecule has 0 radical (unpaired) electrons. The zero-order chi connectivity index (χ0) is 16.4. The Morgan fingerprint density at radius 2 is 1.46 bits per heavy atom. The maximum atomic E-state index is 13.2. The largest absolute Gasteiger partial charge is 0.293 e. The Hall–Kier alpha value is -2.15. The van der Waals surface area contributed by atoms with Crippen molar-refractivity contribution in [2.75, 3.05) is 0 Å². The van der Waals surface area contributed by atoms with E-state index in [0.717, 1.165) is 12.0 Å². The van der Waals surface area contributed by atoms with Crippen molar-refractivity contribution in [2.45, 2.75) is 38.5 Å². The van der Waals surface area contributed by atoms with E-state index >= 15 is 0 Å². The lowest BCUT2D eigenvalue weighted by Crippen LogP contribution is -2.23. The molecule has 1 spiro atoms. The normalized spacial score (nSPS) is 22.3. The minimum Gasteiger partial charge on any atom is -0.293 e. The summed E-state index contributed by atoms with van der Waals surface area (Å²) in [6, 6.07) is 20.3. The van der Waals surface area contributed by atoms with Crippen molar-refractivity contribution in [3.05, 3.63) is 77.9 Å². The highest BCUT2D eigenvalue weighted by Gasteiger charge is 2.42. The van der Waals surface area contributed by atoms with Crippen LogP contribution in [-0.4, -0.2) is 5.78 Å². The monoisotopic (exact) mass is 316 g/mol. The van der Waals surface area contributed by atoms with Crippen molar-refractivity contribution in [1.82, 2.24) is 0 Å². The first-order valence-electron chi connectivity index (χ1n) is 9.15. The van der Waals surface area contributed by atoms with Gasteiger partial charge in [-0.3, -0.25) is 4.79 Å². The van der Waals surface area contributed by atoms with E-state index < -0.39 is 0 Å². The van der Waals surface area contributed by atoms with Gasteiger partial charge in [0.05, 0.1) is 0 Å². The number of ketones is 1. The third kappa shape index (κ3) is 2.84. The lowest BCUT2D eigenvalue weighted by Gasteiger charge is -2.32. The Bertz CT molecular complexity index is 736. The first-order valence-corrected chi connectivity index (χ1v) is 9.15. The van der Waals surface area contributed by atoms with Crippen LogP contribution in [0.4, 0.5) is 0 Å². The van der Waals surface area contributed by atoms with Crippen molar-refractivity contribution in [1.29, 1.82) is 0 Å². The molecule has 1 atom stereocenters. The van der Waals surface area contributed by atoms with E-state index in [1.807, 2.05) is 36.4 Å². The molecule has 0 aliphatic heterocycles. The lowest BCUT2D eigenvalue weighted by molar-refractivity contribution is 0.0923. The molecule has 2 aliphatic carbocycles. The van der Waals surface area contributed by atoms with Crippen LogP contribution in [0.1, 0.15) is 54.4 Å². The second-order valence-electron chi connectivity index (χ2n) is 7.38. The highest BCUT2D eigenvalue weighted by molar-refractivity contribution is 6.05. The third-order valence-corrected chi connectivity index (χ3v) is 5.78. The molecule has 1 unspecified atom stereocenters. The highest BCUT2D eigenvalue weighted by Crippen LogP contribution is 2.52. The number of benzene rings is 2. The Morgan fingerprint density at radius 1 is 0.833 bits per heavy atom. The molecule has 1 nitrogen and oxygen atoms in total. The molecule has 0 bridgehead atoms. The summed E-state index contributed by atoms with van der Waals surface area (Å²) in [5.41, 5.74) is 3.57. The third-order valence-electron chi connectivity index (χ3n) is 5.78. The summed E-state index contributed by atoms with van der Waals surface area (Å²) in [5, 5.41) is 0. The summed E-state index contributed by atoms with van der Waals surface area (Å²) in [6.45, 7) is 0. The maximum Gasteiger partial charge on any atom is 0.170 e. The van der Waals surface area contributed by atoms with Crippen LogP contribution in [0.2, 0.25) is 0 Å². The average Bonchev–Trinajstić information content (AvgIpc) is 3.02. The molecule has 0 heterocycles. The van der Waals surface area contributed by atoms with E-state index in [9.17, 15) is 4.79 Å². The van der Waals surface area contributed by atoms with Crippen molar-refractivity contribution in [3.8, 4) is 0 Å². The molecule has 1 heteroatoms. The van der Waals surface area contributed by atoms with Gasteiger partial charge in [0.2, 0.25) is 0 Å². The number of Topliss-reactive ketones (excluding diaryl/α,β-unsaturated/α-hetero) is 1. The van der Waals surface area contributed by atoms with Crippen molar-refractivity contribution in [3.63, 3.8) is 0 Å². The molecule has 0 aromatic heterocycles. The molecule has 0 saturated heterocycles. The van der Waals surface area contributed by atoms with E-state index in [1.165, 1.54) is 43.2 Å². The molecule has 122 valence electrons. The van der Waals surface area contributed by atoms with Crippen LogP contribution in [0.25, 0.3) is 5.57 Å². The maximum absolute atomic E-state index is 13.2. The Morgan fingerprint density at radius 3 is 2.12 bits per heavy atom. The number of allylic oxidation sites excluding steroid dienone is 2. The summed E-state index contributed by atoms with van der Waals surface area (Å²) in [6.07, 6.45) is 9.87. The quantitative estimate of drug-likeness (QED) is 0.642. The molecule has 0 amide bonds. The van der Waals surface area contributed by atoms with Gasteiger partial charge in [0.15, 0.2) is 5.78 Å². The fourth-order valence-electron chi connectivity index (χ4n) is 4.56. The second kappa shape index (κ2) is 6.39. The Kier molecular flexibility index (Phi) is 4.10. The first-order chi connectivity index (χ1) is 11.8. The van der Waals surface area contributed by atoms with Crippen molar-refractivity contribution < 1.29 is 4.79 Å². The van der Waals surface area contributed by atoms with Crippen LogP contribution < -0.4 is 0 Å². The average molecular weight is 316 g/mol. The molecule has 2 aromatic rings. The summed E-state index contributed by atoms with van der Waals surface area (Å²) >= 11 is 0. The molecular weight excluding hydrogens is 292 g/mol. The highest BCUT2D eigenvalue weighted by atomic mass is 16.1. The van der Waals surface area contributed by atoms with Crippen LogP contribution in [0.15, 0.2) is 66.7 Å². The van der Waals surface area contributed by atoms with Gasteiger partial charge in [0, 0.05) is 11.5 Å². The molecule has 1 fully saturated rings. The van der Waals surface area contributed by atoms with Gasteiger partial charge in [-0.25, -0.2) is 0 Å². The summed E-state index contributed by atoms with van der Waals surface area (Å²) in [5.74, 6) is 0.293. The van der Waals surface area contributed by atoms with Crippen LogP contribution in [0.5, 0.6) is 0 Å². The number of carbonyl (C=O) groups excluding carboxylic acids is 1. The van der Waals surface area contributed by atoms with Crippen molar-refractivity contribution in [2.24, 2.45) is 11.3 Å².